The average molecular weight is 273 g/mol. The summed E-state index contributed by atoms with van der Waals surface area (Å²) in [4.78, 5) is 22.0. The van der Waals surface area contributed by atoms with Gasteiger partial charge < -0.3 is 19.8 Å². The largest absolute Gasteiger partial charge is 0.465 e. The van der Waals surface area contributed by atoms with E-state index in [0.717, 1.165) is 18.9 Å². The Labute approximate surface area is 113 Å². The molecule has 2 N–H and O–H groups in total. The molecule has 0 spiro atoms. The van der Waals surface area contributed by atoms with Crippen LogP contribution in [0.2, 0.25) is 0 Å². The Hall–Kier alpha value is -1.56. The van der Waals surface area contributed by atoms with Gasteiger partial charge in [0.05, 0.1) is 6.10 Å². The molecule has 0 bridgehead atoms. The molecule has 0 aliphatic carbocycles. The van der Waals surface area contributed by atoms with Crippen molar-refractivity contribution in [1.82, 2.24) is 4.90 Å². The van der Waals surface area contributed by atoms with Gasteiger partial charge >= 0.3 is 12.1 Å². The van der Waals surface area contributed by atoms with Gasteiger partial charge in [0, 0.05) is 19.2 Å². The number of carboxylic acid groups (broad SMARTS) is 1. The fraction of sp³-hybridized carbons (Fsp3) is 0.692. The molecule has 1 rings (SSSR count). The summed E-state index contributed by atoms with van der Waals surface area (Å²) in [7, 11) is 0. The number of carbonyl (C=O) groups excluding carboxylic acids is 1. The summed E-state index contributed by atoms with van der Waals surface area (Å²) in [5, 5.41) is 17.5. The molecule has 1 aliphatic rings. The Bertz CT molecular complexity index is 321. The van der Waals surface area contributed by atoms with Gasteiger partial charge in [-0.3, -0.25) is 0 Å². The molecule has 1 aliphatic heterocycles. The highest BCUT2D eigenvalue weighted by Gasteiger charge is 2.20. The second-order valence-electron chi connectivity index (χ2n) is 5.26. The number of piperidine rings is 1. The number of carbonyl (C=O) groups is 2. The molecule has 110 valence electrons. The topological polar surface area (TPSA) is 87.1 Å². The molecule has 6 heteroatoms. The summed E-state index contributed by atoms with van der Waals surface area (Å²) in [5.41, 5.74) is -0.398. The lowest BCUT2D eigenvalue weighted by atomic mass is 10.1. The SMILES string of the molecule is C=CC(=O)OC(C)(C)C.O=C(O)N1CCC[C@H](O)C1. The van der Waals surface area contributed by atoms with Crippen molar-refractivity contribution < 1.29 is 24.5 Å². The van der Waals surface area contributed by atoms with E-state index in [1.54, 1.807) is 0 Å². The summed E-state index contributed by atoms with van der Waals surface area (Å²) >= 11 is 0. The minimum absolute atomic E-state index is 0.273. The molecule has 0 aromatic rings. The maximum atomic E-state index is 10.5. The van der Waals surface area contributed by atoms with Crippen molar-refractivity contribution in [2.45, 2.75) is 45.3 Å². The first-order chi connectivity index (χ1) is 8.65. The summed E-state index contributed by atoms with van der Waals surface area (Å²) in [5.74, 6) is -0.373. The molecule has 19 heavy (non-hydrogen) atoms. The van der Waals surface area contributed by atoms with Crippen molar-refractivity contribution >= 4 is 12.1 Å². The maximum absolute atomic E-state index is 10.5. The number of amides is 1. The van der Waals surface area contributed by atoms with Crippen molar-refractivity contribution in [3.63, 3.8) is 0 Å². The van der Waals surface area contributed by atoms with Crippen LogP contribution in [0.5, 0.6) is 0 Å². The highest BCUT2D eigenvalue weighted by molar-refractivity contribution is 5.81. The molecule has 0 unspecified atom stereocenters. The standard InChI is InChI=1S/C7H12O2.C6H11NO3/c1-5-6(8)9-7(2,3)4;8-5-2-1-3-7(4-5)6(9)10/h5H,1H2,2-4H3;5,8H,1-4H2,(H,9,10)/t;5-/m.0/s1. The van der Waals surface area contributed by atoms with Gasteiger partial charge in [0.15, 0.2) is 0 Å². The number of ether oxygens (including phenoxy) is 1. The normalized spacial score (nSPS) is 18.9. The van der Waals surface area contributed by atoms with Crippen LogP contribution >= 0.6 is 0 Å². The van der Waals surface area contributed by atoms with Crippen molar-refractivity contribution in [2.75, 3.05) is 13.1 Å². The first-order valence-corrected chi connectivity index (χ1v) is 6.17. The number of β-amino-alcohol motifs (C(OH)–C–C–N with tert-alkyl or cyclic N) is 1. The first kappa shape index (κ1) is 17.4. The van der Waals surface area contributed by atoms with E-state index in [2.05, 4.69) is 6.58 Å². The van der Waals surface area contributed by atoms with E-state index in [1.165, 1.54) is 4.90 Å². The van der Waals surface area contributed by atoms with Crippen LogP contribution in [-0.4, -0.2) is 52.0 Å². The first-order valence-electron chi connectivity index (χ1n) is 6.17. The number of likely N-dealkylation sites (tertiary alicyclic amines) is 1. The molecule has 0 saturated carbocycles. The molecule has 1 heterocycles. The molecular formula is C13H23NO5. The van der Waals surface area contributed by atoms with Crippen LogP contribution in [0.25, 0.3) is 0 Å². The number of aliphatic hydroxyl groups excluding tert-OH is 1. The highest BCUT2D eigenvalue weighted by Crippen LogP contribution is 2.09. The van der Waals surface area contributed by atoms with Crippen molar-refractivity contribution in [1.29, 1.82) is 0 Å². The average Bonchev–Trinajstić information content (AvgIpc) is 2.27. The van der Waals surface area contributed by atoms with E-state index < -0.39 is 17.8 Å². The maximum Gasteiger partial charge on any atom is 0.407 e. The van der Waals surface area contributed by atoms with E-state index >= 15 is 0 Å². The van der Waals surface area contributed by atoms with Crippen LogP contribution in [0.15, 0.2) is 12.7 Å². The van der Waals surface area contributed by atoms with Crippen molar-refractivity contribution in [3.8, 4) is 0 Å². The van der Waals surface area contributed by atoms with Crippen molar-refractivity contribution in [2.24, 2.45) is 0 Å². The lowest BCUT2D eigenvalue weighted by molar-refractivity contribution is -0.148. The van der Waals surface area contributed by atoms with E-state index in [9.17, 15) is 9.59 Å². The highest BCUT2D eigenvalue weighted by atomic mass is 16.6. The molecule has 0 radical (unpaired) electrons. The lowest BCUT2D eigenvalue weighted by Gasteiger charge is -2.27. The fourth-order valence-corrected chi connectivity index (χ4v) is 1.47. The number of rotatable bonds is 1. The van der Waals surface area contributed by atoms with Crippen LogP contribution in [0.3, 0.4) is 0 Å². The van der Waals surface area contributed by atoms with Gasteiger partial charge in [0.25, 0.3) is 0 Å². The number of nitrogens with zero attached hydrogens (tertiary/aromatic N) is 1. The van der Waals surface area contributed by atoms with Gasteiger partial charge in [-0.05, 0) is 33.6 Å². The third-order valence-corrected chi connectivity index (χ3v) is 2.24. The molecule has 0 aromatic carbocycles. The summed E-state index contributed by atoms with van der Waals surface area (Å²) in [6.07, 6.45) is 1.27. The molecule has 6 nitrogen and oxygen atoms in total. The van der Waals surface area contributed by atoms with Gasteiger partial charge in [-0.1, -0.05) is 6.58 Å². The number of esters is 1. The molecule has 1 amide bonds. The number of hydrogen-bond donors (Lipinski definition) is 2. The molecule has 1 fully saturated rings. The zero-order chi connectivity index (χ0) is 15.1. The quantitative estimate of drug-likeness (QED) is 0.560. The smallest absolute Gasteiger partial charge is 0.407 e. The Kier molecular flexibility index (Phi) is 7.14. The second-order valence-corrected chi connectivity index (χ2v) is 5.26. The van der Waals surface area contributed by atoms with Crippen LogP contribution in [0.1, 0.15) is 33.6 Å². The van der Waals surface area contributed by atoms with Crippen LogP contribution in [-0.2, 0) is 9.53 Å². The minimum atomic E-state index is -0.932. The predicted octanol–water partition coefficient (Wildman–Crippen LogP) is 1.64. The van der Waals surface area contributed by atoms with Crippen LogP contribution in [0.4, 0.5) is 4.79 Å². The third kappa shape index (κ3) is 9.07. The Morgan fingerprint density at radius 3 is 2.26 bits per heavy atom. The van der Waals surface area contributed by atoms with Crippen molar-refractivity contribution in [3.05, 3.63) is 12.7 Å². The summed E-state index contributed by atoms with van der Waals surface area (Å²) < 4.78 is 4.83. The van der Waals surface area contributed by atoms with Crippen LogP contribution in [0, 0.1) is 0 Å². The number of aliphatic hydroxyl groups is 1. The Morgan fingerprint density at radius 1 is 1.42 bits per heavy atom. The number of hydrogen-bond acceptors (Lipinski definition) is 4. The van der Waals surface area contributed by atoms with Gasteiger partial charge in [0.2, 0.25) is 0 Å². The van der Waals surface area contributed by atoms with Crippen LogP contribution < -0.4 is 0 Å². The van der Waals surface area contributed by atoms with Gasteiger partial charge in [-0.2, -0.15) is 0 Å². The monoisotopic (exact) mass is 273 g/mol. The molecule has 0 aromatic heterocycles. The van der Waals surface area contributed by atoms with E-state index in [1.807, 2.05) is 20.8 Å². The summed E-state index contributed by atoms with van der Waals surface area (Å²) in [6.45, 7) is 9.55. The van der Waals surface area contributed by atoms with Gasteiger partial charge in [0.1, 0.15) is 5.60 Å². The third-order valence-electron chi connectivity index (χ3n) is 2.24. The fourth-order valence-electron chi connectivity index (χ4n) is 1.47. The molecule has 1 atom stereocenters. The molecule has 1 saturated heterocycles. The zero-order valence-corrected chi connectivity index (χ0v) is 11.8. The van der Waals surface area contributed by atoms with Gasteiger partial charge in [-0.15, -0.1) is 0 Å². The van der Waals surface area contributed by atoms with E-state index in [-0.39, 0.29) is 12.5 Å². The summed E-state index contributed by atoms with van der Waals surface area (Å²) in [6, 6.07) is 0. The van der Waals surface area contributed by atoms with E-state index in [4.69, 9.17) is 14.9 Å². The second kappa shape index (κ2) is 7.78. The lowest BCUT2D eigenvalue weighted by Crippen LogP contribution is -2.41. The molecular weight excluding hydrogens is 250 g/mol. The predicted molar refractivity (Wildman–Crippen MR) is 70.9 cm³/mol. The van der Waals surface area contributed by atoms with Gasteiger partial charge in [-0.25, -0.2) is 9.59 Å². The van der Waals surface area contributed by atoms with E-state index in [0.29, 0.717) is 6.54 Å². The Morgan fingerprint density at radius 2 is 2.00 bits per heavy atom. The Balaban J connectivity index is 0.000000344. The minimum Gasteiger partial charge on any atom is -0.465 e. The zero-order valence-electron chi connectivity index (χ0n) is 11.8.